The Morgan fingerprint density at radius 2 is 1.71 bits per heavy atom. The Morgan fingerprint density at radius 1 is 1.04 bits per heavy atom. The second kappa shape index (κ2) is 8.27. The molecule has 24 heavy (non-hydrogen) atoms. The fourth-order valence-corrected chi connectivity index (χ4v) is 3.09. The molecule has 1 fully saturated rings. The minimum atomic E-state index is -0.126. The highest BCUT2D eigenvalue weighted by Gasteiger charge is 2.11. The largest absolute Gasteiger partial charge is 0.323 e. The van der Waals surface area contributed by atoms with Crippen molar-refractivity contribution >= 4 is 33.6 Å². The normalized spacial score (nSPS) is 15.0. The van der Waals surface area contributed by atoms with Gasteiger partial charge in [0.15, 0.2) is 0 Å². The van der Waals surface area contributed by atoms with Gasteiger partial charge in [-0.3, -0.25) is 9.69 Å². The molecule has 124 valence electrons. The van der Waals surface area contributed by atoms with Gasteiger partial charge >= 0.3 is 0 Å². The summed E-state index contributed by atoms with van der Waals surface area (Å²) in [6.07, 6.45) is 6.04. The first-order valence-electron chi connectivity index (χ1n) is 8.25. The second-order valence-corrected chi connectivity index (χ2v) is 6.97. The molecule has 0 bridgehead atoms. The van der Waals surface area contributed by atoms with Crippen molar-refractivity contribution in [1.29, 1.82) is 0 Å². The zero-order valence-corrected chi connectivity index (χ0v) is 15.1. The van der Waals surface area contributed by atoms with E-state index in [1.165, 1.54) is 31.5 Å². The predicted octanol–water partition coefficient (Wildman–Crippen LogP) is 4.70. The minimum absolute atomic E-state index is 0.126. The van der Waals surface area contributed by atoms with Gasteiger partial charge in [-0.1, -0.05) is 40.2 Å². The molecule has 0 spiro atoms. The van der Waals surface area contributed by atoms with Gasteiger partial charge in [-0.05, 0) is 67.4 Å². The summed E-state index contributed by atoms with van der Waals surface area (Å²) in [6, 6.07) is 15.9. The lowest BCUT2D eigenvalue weighted by Crippen LogP contribution is -2.18. The Morgan fingerprint density at radius 3 is 2.38 bits per heavy atom. The van der Waals surface area contributed by atoms with Crippen molar-refractivity contribution in [3.05, 3.63) is 70.2 Å². The quantitative estimate of drug-likeness (QED) is 0.757. The molecule has 1 N–H and O–H groups in total. The van der Waals surface area contributed by atoms with Crippen LogP contribution in [0.5, 0.6) is 0 Å². The molecule has 3 nitrogen and oxygen atoms in total. The SMILES string of the molecule is O=C(/C=C\c1ccc(CN2CCCC2)cc1)Nc1ccc(Br)cc1. The van der Waals surface area contributed by atoms with Crippen LogP contribution in [0.2, 0.25) is 0 Å². The monoisotopic (exact) mass is 384 g/mol. The number of carbonyl (C=O) groups excluding carboxylic acids is 1. The molecular weight excluding hydrogens is 364 g/mol. The van der Waals surface area contributed by atoms with E-state index in [-0.39, 0.29) is 5.91 Å². The van der Waals surface area contributed by atoms with Gasteiger partial charge in [0.1, 0.15) is 0 Å². The number of likely N-dealkylation sites (tertiary alicyclic amines) is 1. The number of hydrogen-bond donors (Lipinski definition) is 1. The van der Waals surface area contributed by atoms with Gasteiger partial charge in [0, 0.05) is 22.8 Å². The lowest BCUT2D eigenvalue weighted by molar-refractivity contribution is -0.111. The highest BCUT2D eigenvalue weighted by Crippen LogP contribution is 2.15. The van der Waals surface area contributed by atoms with Crippen molar-refractivity contribution in [3.8, 4) is 0 Å². The first-order chi connectivity index (χ1) is 11.7. The Kier molecular flexibility index (Phi) is 5.83. The number of benzene rings is 2. The van der Waals surface area contributed by atoms with Crippen LogP contribution in [0.15, 0.2) is 59.1 Å². The first-order valence-corrected chi connectivity index (χ1v) is 9.04. The molecule has 1 amide bonds. The maximum atomic E-state index is 12.0. The van der Waals surface area contributed by atoms with Crippen molar-refractivity contribution < 1.29 is 4.79 Å². The van der Waals surface area contributed by atoms with E-state index in [0.29, 0.717) is 0 Å². The van der Waals surface area contributed by atoms with Crippen molar-refractivity contribution in [1.82, 2.24) is 4.90 Å². The summed E-state index contributed by atoms with van der Waals surface area (Å²) in [7, 11) is 0. The van der Waals surface area contributed by atoms with E-state index in [1.54, 1.807) is 6.08 Å². The molecule has 1 saturated heterocycles. The number of carbonyl (C=O) groups is 1. The van der Waals surface area contributed by atoms with Crippen molar-refractivity contribution in [2.24, 2.45) is 0 Å². The van der Waals surface area contributed by atoms with E-state index < -0.39 is 0 Å². The van der Waals surface area contributed by atoms with Crippen LogP contribution in [0.1, 0.15) is 24.0 Å². The lowest BCUT2D eigenvalue weighted by Gasteiger charge is -2.14. The van der Waals surface area contributed by atoms with Gasteiger partial charge in [-0.25, -0.2) is 0 Å². The van der Waals surface area contributed by atoms with Gasteiger partial charge in [0.2, 0.25) is 5.91 Å². The molecule has 0 aliphatic carbocycles. The van der Waals surface area contributed by atoms with E-state index in [2.05, 4.69) is 50.4 Å². The Bertz CT molecular complexity index is 701. The van der Waals surface area contributed by atoms with Crippen LogP contribution in [0.3, 0.4) is 0 Å². The number of rotatable bonds is 5. The number of hydrogen-bond acceptors (Lipinski definition) is 2. The Balaban J connectivity index is 1.53. The molecule has 0 saturated carbocycles. The Hall–Kier alpha value is -1.91. The minimum Gasteiger partial charge on any atom is -0.323 e. The molecule has 4 heteroatoms. The highest BCUT2D eigenvalue weighted by molar-refractivity contribution is 9.10. The number of halogens is 1. The average molecular weight is 385 g/mol. The van der Waals surface area contributed by atoms with Gasteiger partial charge in [-0.15, -0.1) is 0 Å². The highest BCUT2D eigenvalue weighted by atomic mass is 79.9. The third-order valence-corrected chi connectivity index (χ3v) is 4.65. The molecule has 0 radical (unpaired) electrons. The summed E-state index contributed by atoms with van der Waals surface area (Å²) in [6.45, 7) is 3.43. The Labute approximate surface area is 151 Å². The van der Waals surface area contributed by atoms with E-state index in [4.69, 9.17) is 0 Å². The zero-order valence-electron chi connectivity index (χ0n) is 13.5. The molecule has 0 unspecified atom stereocenters. The maximum Gasteiger partial charge on any atom is 0.248 e. The van der Waals surface area contributed by atoms with Gasteiger partial charge in [0.25, 0.3) is 0 Å². The van der Waals surface area contributed by atoms with Crippen LogP contribution in [-0.2, 0) is 11.3 Å². The summed E-state index contributed by atoms with van der Waals surface area (Å²) < 4.78 is 0.991. The van der Waals surface area contributed by atoms with E-state index in [1.807, 2.05) is 30.3 Å². The molecule has 2 aromatic carbocycles. The van der Waals surface area contributed by atoms with Crippen molar-refractivity contribution in [2.75, 3.05) is 18.4 Å². The zero-order chi connectivity index (χ0) is 16.8. The number of nitrogens with zero attached hydrogens (tertiary/aromatic N) is 1. The van der Waals surface area contributed by atoms with Crippen LogP contribution in [0.25, 0.3) is 6.08 Å². The van der Waals surface area contributed by atoms with E-state index >= 15 is 0 Å². The van der Waals surface area contributed by atoms with E-state index in [9.17, 15) is 4.79 Å². The summed E-state index contributed by atoms with van der Waals surface area (Å²) in [5.74, 6) is -0.126. The molecule has 0 aromatic heterocycles. The number of amides is 1. The number of anilines is 1. The summed E-state index contributed by atoms with van der Waals surface area (Å²) in [4.78, 5) is 14.4. The summed E-state index contributed by atoms with van der Waals surface area (Å²) in [5, 5.41) is 2.85. The van der Waals surface area contributed by atoms with E-state index in [0.717, 1.165) is 22.3 Å². The van der Waals surface area contributed by atoms with Crippen LogP contribution < -0.4 is 5.32 Å². The third kappa shape index (κ3) is 5.05. The van der Waals surface area contributed by atoms with Crippen LogP contribution in [0.4, 0.5) is 5.69 Å². The van der Waals surface area contributed by atoms with Crippen LogP contribution >= 0.6 is 15.9 Å². The lowest BCUT2D eigenvalue weighted by atomic mass is 10.1. The van der Waals surface area contributed by atoms with Crippen LogP contribution in [0, 0.1) is 0 Å². The van der Waals surface area contributed by atoms with Crippen LogP contribution in [-0.4, -0.2) is 23.9 Å². The molecular formula is C20H21BrN2O. The smallest absolute Gasteiger partial charge is 0.248 e. The van der Waals surface area contributed by atoms with Gasteiger partial charge in [-0.2, -0.15) is 0 Å². The fraction of sp³-hybridized carbons (Fsp3) is 0.250. The maximum absolute atomic E-state index is 12.0. The molecule has 1 heterocycles. The molecule has 2 aromatic rings. The first kappa shape index (κ1) is 16.9. The van der Waals surface area contributed by atoms with Gasteiger partial charge < -0.3 is 5.32 Å². The summed E-state index contributed by atoms with van der Waals surface area (Å²) >= 11 is 3.38. The average Bonchev–Trinajstić information content (AvgIpc) is 3.09. The fourth-order valence-electron chi connectivity index (χ4n) is 2.82. The molecule has 1 aliphatic heterocycles. The standard InChI is InChI=1S/C20H21BrN2O/c21-18-8-10-19(11-9-18)22-20(24)12-7-16-3-5-17(6-4-16)15-23-13-1-2-14-23/h3-12H,1-2,13-15H2,(H,22,24)/b12-7-. The molecule has 3 rings (SSSR count). The summed E-state index contributed by atoms with van der Waals surface area (Å²) in [5.41, 5.74) is 3.15. The van der Waals surface area contributed by atoms with Gasteiger partial charge in [0.05, 0.1) is 0 Å². The third-order valence-electron chi connectivity index (χ3n) is 4.12. The molecule has 1 aliphatic rings. The number of nitrogens with one attached hydrogen (secondary N) is 1. The molecule has 0 atom stereocenters. The second-order valence-electron chi connectivity index (χ2n) is 6.05. The van der Waals surface area contributed by atoms with Crippen molar-refractivity contribution in [2.45, 2.75) is 19.4 Å². The topological polar surface area (TPSA) is 32.3 Å². The predicted molar refractivity (Wildman–Crippen MR) is 103 cm³/mol. The van der Waals surface area contributed by atoms with Crippen molar-refractivity contribution in [3.63, 3.8) is 0 Å².